The second-order valence-electron chi connectivity index (χ2n) is 7.55. The molecular weight excluding hydrogens is 466 g/mol. The maximum Gasteiger partial charge on any atom is 0.174 e. The predicted octanol–water partition coefficient (Wildman–Crippen LogP) is 5.74. The second kappa shape index (κ2) is 10.4. The van der Waals surface area contributed by atoms with Crippen LogP contribution in [0.1, 0.15) is 35.7 Å². The molecule has 0 N–H and O–H groups in total. The molecule has 0 saturated carbocycles. The van der Waals surface area contributed by atoms with E-state index in [-0.39, 0.29) is 0 Å². The van der Waals surface area contributed by atoms with Crippen molar-refractivity contribution in [2.24, 2.45) is 0 Å². The molecule has 0 amide bonds. The number of benzene rings is 2. The van der Waals surface area contributed by atoms with Crippen LogP contribution < -0.4 is 4.74 Å². The van der Waals surface area contributed by atoms with Gasteiger partial charge in [0, 0.05) is 23.6 Å². The minimum absolute atomic E-state index is 0.769. The third-order valence-electron chi connectivity index (χ3n) is 5.14. The number of aromatic nitrogens is 5. The van der Waals surface area contributed by atoms with E-state index in [0.717, 1.165) is 51.8 Å². The van der Waals surface area contributed by atoms with Gasteiger partial charge in [-0.3, -0.25) is 0 Å². The van der Waals surface area contributed by atoms with Crippen molar-refractivity contribution in [2.75, 3.05) is 7.11 Å². The third kappa shape index (κ3) is 5.53. The number of hydrogen-bond acceptors (Lipinski definition) is 4. The van der Waals surface area contributed by atoms with Crippen LogP contribution in [0.5, 0.6) is 5.75 Å². The van der Waals surface area contributed by atoms with Crippen molar-refractivity contribution in [1.82, 2.24) is 24.3 Å². The zero-order valence-electron chi connectivity index (χ0n) is 18.3. The zero-order chi connectivity index (χ0) is 22.3. The summed E-state index contributed by atoms with van der Waals surface area (Å²) in [4.78, 5) is 8.87. The fourth-order valence-electron chi connectivity index (χ4n) is 3.52. The van der Waals surface area contributed by atoms with Gasteiger partial charge in [-0.15, -0.1) is 0 Å². The number of methoxy groups -OCH3 is 1. The van der Waals surface area contributed by atoms with Crippen LogP contribution in [0.15, 0.2) is 65.5 Å². The van der Waals surface area contributed by atoms with Crippen LogP contribution in [0, 0.1) is 6.92 Å². The summed E-state index contributed by atoms with van der Waals surface area (Å²) in [6.45, 7) is 2.95. The Balaban J connectivity index is 0.000000300. The van der Waals surface area contributed by atoms with Gasteiger partial charge in [0.05, 0.1) is 24.8 Å². The Hall–Kier alpha value is -3.19. The van der Waals surface area contributed by atoms with Gasteiger partial charge in [-0.1, -0.05) is 46.3 Å². The van der Waals surface area contributed by atoms with Crippen LogP contribution in [-0.4, -0.2) is 31.4 Å². The van der Waals surface area contributed by atoms with E-state index < -0.39 is 0 Å². The highest BCUT2D eigenvalue weighted by molar-refractivity contribution is 9.10. The fourth-order valence-corrected chi connectivity index (χ4v) is 3.83. The summed E-state index contributed by atoms with van der Waals surface area (Å²) in [6.07, 6.45) is 11.2. The molecule has 0 atom stereocenters. The van der Waals surface area contributed by atoms with E-state index in [2.05, 4.69) is 37.1 Å². The van der Waals surface area contributed by atoms with E-state index in [9.17, 15) is 0 Å². The van der Waals surface area contributed by atoms with Crippen molar-refractivity contribution in [3.8, 4) is 11.4 Å². The van der Waals surface area contributed by atoms with E-state index in [1.165, 1.54) is 12.8 Å². The average molecular weight is 492 g/mol. The molecule has 4 aromatic rings. The summed E-state index contributed by atoms with van der Waals surface area (Å²) < 4.78 is 10.7. The smallest absolute Gasteiger partial charge is 0.174 e. The highest BCUT2D eigenvalue weighted by atomic mass is 79.9. The maximum atomic E-state index is 5.55. The van der Waals surface area contributed by atoms with E-state index in [1.807, 2.05) is 77.0 Å². The first-order chi connectivity index (χ1) is 15.6. The highest BCUT2D eigenvalue weighted by Gasteiger charge is 2.12. The Bertz CT molecular complexity index is 1170. The minimum Gasteiger partial charge on any atom is -0.495 e. The van der Waals surface area contributed by atoms with Gasteiger partial charge in [0.25, 0.3) is 0 Å². The van der Waals surface area contributed by atoms with Crippen molar-refractivity contribution < 1.29 is 4.74 Å². The Morgan fingerprint density at radius 2 is 1.91 bits per heavy atom. The standard InChI is InChI=1S/C19H21N5O.C6H5Br/c1-14-12-23(13-20-14)16-8-6-15(11-17(16)25-2)7-9-18-21-19-5-3-4-10-24(19)22-18;7-6-4-2-1-3-5-6/h6-9,11-13H,3-5,10H2,1-2H3;1-5H/b9-7+;. The molecule has 0 spiro atoms. The first kappa shape index (κ1) is 22.0. The number of nitrogens with zero attached hydrogens (tertiary/aromatic N) is 5. The molecule has 0 saturated heterocycles. The summed E-state index contributed by atoms with van der Waals surface area (Å²) in [5, 5.41) is 4.55. The molecule has 2 aromatic heterocycles. The first-order valence-corrected chi connectivity index (χ1v) is 11.4. The summed E-state index contributed by atoms with van der Waals surface area (Å²) in [5.41, 5.74) is 2.99. The number of aryl methyl sites for hydroxylation is 3. The van der Waals surface area contributed by atoms with Gasteiger partial charge in [-0.05, 0) is 55.7 Å². The lowest BCUT2D eigenvalue weighted by Crippen LogP contribution is -2.11. The molecule has 0 unspecified atom stereocenters. The molecule has 0 fully saturated rings. The summed E-state index contributed by atoms with van der Waals surface area (Å²) in [6, 6.07) is 16.1. The van der Waals surface area contributed by atoms with Gasteiger partial charge in [0.1, 0.15) is 11.6 Å². The van der Waals surface area contributed by atoms with Crippen LogP contribution in [0.3, 0.4) is 0 Å². The van der Waals surface area contributed by atoms with E-state index in [1.54, 1.807) is 13.4 Å². The Kier molecular flexibility index (Phi) is 7.17. The molecule has 164 valence electrons. The lowest BCUT2D eigenvalue weighted by Gasteiger charge is -2.10. The van der Waals surface area contributed by atoms with Gasteiger partial charge in [0.2, 0.25) is 0 Å². The largest absolute Gasteiger partial charge is 0.495 e. The molecule has 6 nitrogen and oxygen atoms in total. The van der Waals surface area contributed by atoms with Crippen molar-refractivity contribution in [1.29, 1.82) is 0 Å². The van der Waals surface area contributed by atoms with Gasteiger partial charge in [0.15, 0.2) is 5.82 Å². The minimum atomic E-state index is 0.769. The van der Waals surface area contributed by atoms with Crippen molar-refractivity contribution in [3.05, 3.63) is 88.4 Å². The molecular formula is C25H26BrN5O. The van der Waals surface area contributed by atoms with Crippen LogP contribution in [0.25, 0.3) is 17.8 Å². The number of halogens is 1. The Labute approximate surface area is 196 Å². The zero-order valence-corrected chi connectivity index (χ0v) is 19.9. The summed E-state index contributed by atoms with van der Waals surface area (Å²) in [5.74, 6) is 2.66. The van der Waals surface area contributed by atoms with Crippen LogP contribution in [0.4, 0.5) is 0 Å². The third-order valence-corrected chi connectivity index (χ3v) is 5.67. The first-order valence-electron chi connectivity index (χ1n) is 10.6. The molecule has 7 heteroatoms. The number of hydrogen-bond donors (Lipinski definition) is 0. The Morgan fingerprint density at radius 1 is 1.06 bits per heavy atom. The normalized spacial score (nSPS) is 12.8. The molecule has 32 heavy (non-hydrogen) atoms. The van der Waals surface area contributed by atoms with Crippen LogP contribution >= 0.6 is 15.9 Å². The molecule has 1 aliphatic rings. The van der Waals surface area contributed by atoms with E-state index in [4.69, 9.17) is 4.74 Å². The van der Waals surface area contributed by atoms with Gasteiger partial charge < -0.3 is 9.30 Å². The monoisotopic (exact) mass is 491 g/mol. The van der Waals surface area contributed by atoms with Crippen LogP contribution in [0.2, 0.25) is 0 Å². The van der Waals surface area contributed by atoms with E-state index in [0.29, 0.717) is 0 Å². The molecule has 2 aromatic carbocycles. The van der Waals surface area contributed by atoms with Gasteiger partial charge in [-0.2, -0.15) is 5.10 Å². The summed E-state index contributed by atoms with van der Waals surface area (Å²) >= 11 is 3.31. The van der Waals surface area contributed by atoms with Gasteiger partial charge >= 0.3 is 0 Å². The fraction of sp³-hybridized carbons (Fsp3) is 0.240. The lowest BCUT2D eigenvalue weighted by atomic mass is 10.1. The van der Waals surface area contributed by atoms with Crippen molar-refractivity contribution in [2.45, 2.75) is 32.7 Å². The molecule has 0 bridgehead atoms. The lowest BCUT2D eigenvalue weighted by molar-refractivity contribution is 0.413. The average Bonchev–Trinajstić information content (AvgIpc) is 3.44. The molecule has 0 radical (unpaired) electrons. The van der Waals surface area contributed by atoms with Crippen LogP contribution in [-0.2, 0) is 13.0 Å². The predicted molar refractivity (Wildman–Crippen MR) is 131 cm³/mol. The number of rotatable bonds is 4. The topological polar surface area (TPSA) is 57.8 Å². The van der Waals surface area contributed by atoms with Crippen molar-refractivity contribution in [3.63, 3.8) is 0 Å². The highest BCUT2D eigenvalue weighted by Crippen LogP contribution is 2.25. The molecule has 5 rings (SSSR count). The molecule has 0 aliphatic carbocycles. The number of ether oxygens (including phenoxy) is 1. The number of imidazole rings is 1. The number of fused-ring (bicyclic) bond motifs is 1. The second-order valence-corrected chi connectivity index (χ2v) is 8.46. The molecule has 3 heterocycles. The quantitative estimate of drug-likeness (QED) is 0.365. The van der Waals surface area contributed by atoms with Crippen molar-refractivity contribution >= 4 is 28.1 Å². The summed E-state index contributed by atoms with van der Waals surface area (Å²) in [7, 11) is 1.68. The van der Waals surface area contributed by atoms with E-state index >= 15 is 0 Å². The Morgan fingerprint density at radius 3 is 2.56 bits per heavy atom. The molecule has 1 aliphatic heterocycles. The maximum absolute atomic E-state index is 5.55. The van der Waals surface area contributed by atoms with Gasteiger partial charge in [-0.25, -0.2) is 14.6 Å². The SMILES string of the molecule is Brc1ccccc1.COc1cc(/C=C/c2nc3n(n2)CCCC3)ccc1-n1cnc(C)c1.